The summed E-state index contributed by atoms with van der Waals surface area (Å²) in [5, 5.41) is 14.2. The monoisotopic (exact) mass is 335 g/mol. The molecule has 1 atom stereocenters. The minimum absolute atomic E-state index is 0.101. The molecule has 1 unspecified atom stereocenters. The van der Waals surface area contributed by atoms with Gasteiger partial charge in [0.2, 0.25) is 0 Å². The average Bonchev–Trinajstić information content (AvgIpc) is 2.57. The molecule has 0 radical (unpaired) electrons. The second kappa shape index (κ2) is 9.54. The number of urea groups is 1. The molecule has 0 saturated heterocycles. The molecule has 3 N–H and O–H groups in total. The number of amides is 3. The van der Waals surface area contributed by atoms with Crippen molar-refractivity contribution >= 4 is 17.9 Å². The van der Waals surface area contributed by atoms with E-state index in [1.807, 2.05) is 19.9 Å². The van der Waals surface area contributed by atoms with Gasteiger partial charge in [0.15, 0.2) is 0 Å². The first-order valence-electron chi connectivity index (χ1n) is 7.94. The molecule has 0 fully saturated rings. The summed E-state index contributed by atoms with van der Waals surface area (Å²) in [6, 6.07) is 6.78. The van der Waals surface area contributed by atoms with Crippen LogP contribution < -0.4 is 10.6 Å². The summed E-state index contributed by atoms with van der Waals surface area (Å²) in [5.74, 6) is -1.09. The maximum absolute atomic E-state index is 12.1. The molecular formula is C17H25N3O4. The number of carboxylic acid groups (broad SMARTS) is 1. The molecule has 132 valence electrons. The molecule has 0 heterocycles. The van der Waals surface area contributed by atoms with Gasteiger partial charge in [0, 0.05) is 31.7 Å². The molecule has 3 amide bonds. The highest BCUT2D eigenvalue weighted by atomic mass is 16.4. The lowest BCUT2D eigenvalue weighted by atomic mass is 10.1. The van der Waals surface area contributed by atoms with E-state index in [0.717, 1.165) is 12.0 Å². The van der Waals surface area contributed by atoms with Crippen LogP contribution in [0.2, 0.25) is 0 Å². The zero-order valence-corrected chi connectivity index (χ0v) is 14.3. The number of carbonyl (C=O) groups is 3. The van der Waals surface area contributed by atoms with Gasteiger partial charge in [-0.15, -0.1) is 0 Å². The first-order chi connectivity index (χ1) is 11.3. The molecule has 7 heteroatoms. The summed E-state index contributed by atoms with van der Waals surface area (Å²) in [5.41, 5.74) is 1.34. The molecule has 1 aromatic carbocycles. The zero-order chi connectivity index (χ0) is 18.1. The van der Waals surface area contributed by atoms with E-state index in [1.165, 1.54) is 11.9 Å². The standard InChI is InChI=1S/C17H25N3O4/c1-4-12(2)19-16(23)14-7-5-6-13(10-14)11-18-17(24)20(3)9-8-15(21)22/h5-7,10,12H,4,8-9,11H2,1-3H3,(H,18,24)(H,19,23)(H,21,22). The highest BCUT2D eigenvalue weighted by molar-refractivity contribution is 5.94. The van der Waals surface area contributed by atoms with Gasteiger partial charge in [-0.1, -0.05) is 19.1 Å². The van der Waals surface area contributed by atoms with Crippen LogP contribution in [-0.2, 0) is 11.3 Å². The Morgan fingerprint density at radius 2 is 2.00 bits per heavy atom. The third kappa shape index (κ3) is 6.68. The molecule has 0 aliphatic carbocycles. The van der Waals surface area contributed by atoms with Crippen LogP contribution in [-0.4, -0.2) is 47.5 Å². The lowest BCUT2D eigenvalue weighted by Gasteiger charge is -2.17. The van der Waals surface area contributed by atoms with Crippen LogP contribution in [0.1, 0.15) is 42.6 Å². The van der Waals surface area contributed by atoms with E-state index in [4.69, 9.17) is 5.11 Å². The number of rotatable bonds is 8. The SMILES string of the molecule is CCC(C)NC(=O)c1cccc(CNC(=O)N(C)CCC(=O)O)c1. The zero-order valence-electron chi connectivity index (χ0n) is 14.3. The Labute approximate surface area is 142 Å². The molecule has 0 aliphatic heterocycles. The Kier molecular flexibility index (Phi) is 7.74. The van der Waals surface area contributed by atoms with E-state index in [-0.39, 0.29) is 37.5 Å². The van der Waals surface area contributed by atoms with E-state index in [9.17, 15) is 14.4 Å². The van der Waals surface area contributed by atoms with E-state index >= 15 is 0 Å². The Morgan fingerprint density at radius 1 is 1.29 bits per heavy atom. The predicted molar refractivity (Wildman–Crippen MR) is 90.8 cm³/mol. The molecule has 0 aromatic heterocycles. The smallest absolute Gasteiger partial charge is 0.317 e. The fourth-order valence-corrected chi connectivity index (χ4v) is 1.91. The van der Waals surface area contributed by atoms with Crippen molar-refractivity contribution < 1.29 is 19.5 Å². The van der Waals surface area contributed by atoms with Crippen molar-refractivity contribution in [2.75, 3.05) is 13.6 Å². The summed E-state index contributed by atoms with van der Waals surface area (Å²) < 4.78 is 0. The minimum atomic E-state index is -0.949. The van der Waals surface area contributed by atoms with Gasteiger partial charge in [0.1, 0.15) is 0 Å². The summed E-state index contributed by atoms with van der Waals surface area (Å²) >= 11 is 0. The predicted octanol–water partition coefficient (Wildman–Crippen LogP) is 1.83. The van der Waals surface area contributed by atoms with Crippen molar-refractivity contribution in [3.05, 3.63) is 35.4 Å². The third-order valence-electron chi connectivity index (χ3n) is 3.63. The fourth-order valence-electron chi connectivity index (χ4n) is 1.91. The van der Waals surface area contributed by atoms with Crippen LogP contribution >= 0.6 is 0 Å². The number of hydrogen-bond acceptors (Lipinski definition) is 3. The summed E-state index contributed by atoms with van der Waals surface area (Å²) in [6.07, 6.45) is 0.749. The van der Waals surface area contributed by atoms with Gasteiger partial charge in [0.05, 0.1) is 6.42 Å². The number of carbonyl (C=O) groups excluding carboxylic acids is 2. The molecule has 0 aliphatic rings. The number of carboxylic acids is 1. The van der Waals surface area contributed by atoms with Gasteiger partial charge in [-0.25, -0.2) is 4.79 Å². The topological polar surface area (TPSA) is 98.7 Å². The first kappa shape index (κ1) is 19.5. The first-order valence-corrected chi connectivity index (χ1v) is 7.94. The Morgan fingerprint density at radius 3 is 2.62 bits per heavy atom. The van der Waals surface area contributed by atoms with Crippen LogP contribution in [0.25, 0.3) is 0 Å². The quantitative estimate of drug-likeness (QED) is 0.675. The van der Waals surface area contributed by atoms with Gasteiger partial charge in [-0.2, -0.15) is 0 Å². The number of benzene rings is 1. The lowest BCUT2D eigenvalue weighted by Crippen LogP contribution is -2.38. The molecular weight excluding hydrogens is 310 g/mol. The summed E-state index contributed by atoms with van der Waals surface area (Å²) in [7, 11) is 1.54. The van der Waals surface area contributed by atoms with Crippen molar-refractivity contribution in [3.8, 4) is 0 Å². The largest absolute Gasteiger partial charge is 0.481 e. The number of nitrogens with one attached hydrogen (secondary N) is 2. The second-order valence-corrected chi connectivity index (χ2v) is 5.71. The molecule has 24 heavy (non-hydrogen) atoms. The molecule has 1 aromatic rings. The van der Waals surface area contributed by atoms with Gasteiger partial charge in [0.25, 0.3) is 5.91 Å². The lowest BCUT2D eigenvalue weighted by molar-refractivity contribution is -0.137. The van der Waals surface area contributed by atoms with Crippen molar-refractivity contribution in [2.45, 2.75) is 39.3 Å². The Bertz CT molecular complexity index is 589. The average molecular weight is 335 g/mol. The highest BCUT2D eigenvalue weighted by Crippen LogP contribution is 2.06. The maximum atomic E-state index is 12.1. The second-order valence-electron chi connectivity index (χ2n) is 5.71. The van der Waals surface area contributed by atoms with Crippen molar-refractivity contribution in [1.29, 1.82) is 0 Å². The molecule has 7 nitrogen and oxygen atoms in total. The number of hydrogen-bond donors (Lipinski definition) is 3. The minimum Gasteiger partial charge on any atom is -0.481 e. The summed E-state index contributed by atoms with van der Waals surface area (Å²) in [4.78, 5) is 35.8. The van der Waals surface area contributed by atoms with Crippen molar-refractivity contribution in [3.63, 3.8) is 0 Å². The third-order valence-corrected chi connectivity index (χ3v) is 3.63. The van der Waals surface area contributed by atoms with Crippen LogP contribution in [0, 0.1) is 0 Å². The number of aliphatic carboxylic acids is 1. The van der Waals surface area contributed by atoms with Gasteiger partial charge in [-0.3, -0.25) is 9.59 Å². The maximum Gasteiger partial charge on any atom is 0.317 e. The molecule has 1 rings (SSSR count). The van der Waals surface area contributed by atoms with Gasteiger partial charge >= 0.3 is 12.0 Å². The molecule has 0 bridgehead atoms. The summed E-state index contributed by atoms with van der Waals surface area (Å²) in [6.45, 7) is 4.34. The van der Waals surface area contributed by atoms with Gasteiger partial charge < -0.3 is 20.6 Å². The van der Waals surface area contributed by atoms with E-state index in [2.05, 4.69) is 10.6 Å². The van der Waals surface area contributed by atoms with E-state index in [1.54, 1.807) is 18.2 Å². The van der Waals surface area contributed by atoms with E-state index < -0.39 is 5.97 Å². The van der Waals surface area contributed by atoms with Crippen molar-refractivity contribution in [2.24, 2.45) is 0 Å². The highest BCUT2D eigenvalue weighted by Gasteiger charge is 2.11. The van der Waals surface area contributed by atoms with Crippen LogP contribution in [0.4, 0.5) is 4.79 Å². The normalized spacial score (nSPS) is 11.5. The van der Waals surface area contributed by atoms with Crippen LogP contribution in [0.3, 0.4) is 0 Å². The van der Waals surface area contributed by atoms with Crippen molar-refractivity contribution in [1.82, 2.24) is 15.5 Å². The van der Waals surface area contributed by atoms with E-state index in [0.29, 0.717) is 5.56 Å². The Hall–Kier alpha value is -2.57. The molecule has 0 saturated carbocycles. The van der Waals surface area contributed by atoms with Gasteiger partial charge in [-0.05, 0) is 31.0 Å². The molecule has 0 spiro atoms. The van der Waals surface area contributed by atoms with Crippen LogP contribution in [0.15, 0.2) is 24.3 Å². The van der Waals surface area contributed by atoms with Crippen LogP contribution in [0.5, 0.6) is 0 Å². The Balaban J connectivity index is 2.57. The fraction of sp³-hybridized carbons (Fsp3) is 0.471. The number of nitrogens with zero attached hydrogens (tertiary/aromatic N) is 1.